The predicted molar refractivity (Wildman–Crippen MR) is 134 cm³/mol. The SMILES string of the molecule is CCN(Cc1ccncc1)C(=O)c1ccccc1-c1ccc2c3[nH]ncc3c(=O)n(CC(F)(F)F)c2c1. The van der Waals surface area contributed by atoms with E-state index in [0.29, 0.717) is 45.2 Å². The molecule has 5 aromatic rings. The first kappa shape index (κ1) is 24.2. The van der Waals surface area contributed by atoms with Crippen molar-refractivity contribution in [2.75, 3.05) is 6.54 Å². The van der Waals surface area contributed by atoms with E-state index in [9.17, 15) is 22.8 Å². The van der Waals surface area contributed by atoms with Crippen LogP contribution in [0.5, 0.6) is 0 Å². The average Bonchev–Trinajstić information content (AvgIpc) is 3.39. The summed E-state index contributed by atoms with van der Waals surface area (Å²) >= 11 is 0. The van der Waals surface area contributed by atoms with E-state index in [0.717, 1.165) is 5.56 Å². The second kappa shape index (κ2) is 9.53. The summed E-state index contributed by atoms with van der Waals surface area (Å²) in [6, 6.07) is 15.5. The maximum absolute atomic E-state index is 13.6. The summed E-state index contributed by atoms with van der Waals surface area (Å²) in [5, 5.41) is 7.08. The number of carbonyl (C=O) groups is 1. The highest BCUT2D eigenvalue weighted by atomic mass is 19.4. The second-order valence-corrected chi connectivity index (χ2v) is 8.62. The number of rotatable bonds is 6. The largest absolute Gasteiger partial charge is 0.406 e. The van der Waals surface area contributed by atoms with Crippen molar-refractivity contribution in [3.8, 4) is 11.1 Å². The molecule has 0 aliphatic rings. The van der Waals surface area contributed by atoms with Gasteiger partial charge in [0.2, 0.25) is 0 Å². The number of hydrogen-bond acceptors (Lipinski definition) is 4. The lowest BCUT2D eigenvalue weighted by molar-refractivity contribution is -0.140. The van der Waals surface area contributed by atoms with Crippen LogP contribution in [0.4, 0.5) is 13.2 Å². The molecule has 188 valence electrons. The number of nitrogens with zero attached hydrogens (tertiary/aromatic N) is 4. The molecule has 0 atom stereocenters. The van der Waals surface area contributed by atoms with Crippen molar-refractivity contribution >= 4 is 27.7 Å². The maximum Gasteiger partial charge on any atom is 0.406 e. The van der Waals surface area contributed by atoms with E-state index in [2.05, 4.69) is 15.2 Å². The second-order valence-electron chi connectivity index (χ2n) is 8.62. The third-order valence-corrected chi connectivity index (χ3v) is 6.27. The molecule has 37 heavy (non-hydrogen) atoms. The molecule has 10 heteroatoms. The number of benzene rings is 2. The molecule has 1 N–H and O–H groups in total. The smallest absolute Gasteiger partial charge is 0.335 e. The minimum atomic E-state index is -4.60. The van der Waals surface area contributed by atoms with Gasteiger partial charge in [0, 0.05) is 36.4 Å². The summed E-state index contributed by atoms with van der Waals surface area (Å²) < 4.78 is 41.0. The highest BCUT2D eigenvalue weighted by molar-refractivity contribution is 6.06. The van der Waals surface area contributed by atoms with Crippen LogP contribution in [0.15, 0.2) is 78.0 Å². The Morgan fingerprint density at radius 2 is 1.81 bits per heavy atom. The van der Waals surface area contributed by atoms with Gasteiger partial charge in [0.15, 0.2) is 0 Å². The Labute approximate surface area is 209 Å². The van der Waals surface area contributed by atoms with Crippen LogP contribution in [0.1, 0.15) is 22.8 Å². The molecule has 3 aromatic heterocycles. The third-order valence-electron chi connectivity index (χ3n) is 6.27. The minimum absolute atomic E-state index is 0.0785. The Kier molecular flexibility index (Phi) is 6.24. The Bertz CT molecular complexity index is 1660. The monoisotopic (exact) mass is 505 g/mol. The average molecular weight is 506 g/mol. The number of alkyl halides is 3. The molecular formula is C27H22F3N5O2. The van der Waals surface area contributed by atoms with Crippen LogP contribution < -0.4 is 5.56 Å². The molecule has 3 heterocycles. The topological polar surface area (TPSA) is 83.9 Å². The summed E-state index contributed by atoms with van der Waals surface area (Å²) in [6.45, 7) is 1.27. The van der Waals surface area contributed by atoms with E-state index in [4.69, 9.17) is 0 Å². The molecule has 0 radical (unpaired) electrons. The number of nitrogens with one attached hydrogen (secondary N) is 1. The normalized spacial score (nSPS) is 11.8. The molecule has 0 saturated heterocycles. The molecule has 0 saturated carbocycles. The molecule has 0 unspecified atom stereocenters. The molecule has 0 spiro atoms. The van der Waals surface area contributed by atoms with Crippen molar-refractivity contribution in [1.29, 1.82) is 0 Å². The van der Waals surface area contributed by atoms with E-state index in [1.54, 1.807) is 53.7 Å². The lowest BCUT2D eigenvalue weighted by Gasteiger charge is -2.23. The standard InChI is InChI=1S/C27H22F3N5O2/c1-2-34(15-17-9-11-31-12-10-17)25(36)20-6-4-3-5-19(20)18-7-8-21-23(13-18)35(16-27(28,29)30)26(37)22-14-32-33-24(21)22/h3-14H,2,15-16H2,1H3,(H,32,33). The first-order chi connectivity index (χ1) is 17.8. The first-order valence-electron chi connectivity index (χ1n) is 11.6. The molecular weight excluding hydrogens is 483 g/mol. The van der Waals surface area contributed by atoms with Gasteiger partial charge in [0.1, 0.15) is 6.54 Å². The number of H-pyrrole nitrogens is 1. The van der Waals surface area contributed by atoms with E-state index >= 15 is 0 Å². The molecule has 0 aliphatic carbocycles. The summed E-state index contributed by atoms with van der Waals surface area (Å²) in [7, 11) is 0. The van der Waals surface area contributed by atoms with Crippen molar-refractivity contribution in [2.24, 2.45) is 0 Å². The van der Waals surface area contributed by atoms with E-state index in [1.807, 2.05) is 19.1 Å². The fourth-order valence-electron chi connectivity index (χ4n) is 4.51. The summed E-state index contributed by atoms with van der Waals surface area (Å²) in [6.07, 6.45) is -0.0533. The van der Waals surface area contributed by atoms with E-state index < -0.39 is 18.3 Å². The molecule has 0 fully saturated rings. The molecule has 2 aromatic carbocycles. The zero-order valence-corrected chi connectivity index (χ0v) is 19.8. The zero-order valence-electron chi connectivity index (χ0n) is 19.8. The zero-order chi connectivity index (χ0) is 26.2. The fraction of sp³-hybridized carbons (Fsp3) is 0.185. The quantitative estimate of drug-likeness (QED) is 0.345. The van der Waals surface area contributed by atoms with Crippen LogP contribution in [0.3, 0.4) is 0 Å². The highest BCUT2D eigenvalue weighted by Crippen LogP contribution is 2.31. The van der Waals surface area contributed by atoms with E-state index in [-0.39, 0.29) is 16.8 Å². The van der Waals surface area contributed by atoms with Crippen molar-refractivity contribution in [2.45, 2.75) is 26.2 Å². The van der Waals surface area contributed by atoms with Crippen LogP contribution in [0.25, 0.3) is 32.9 Å². The van der Waals surface area contributed by atoms with Gasteiger partial charge < -0.3 is 4.90 Å². The Balaban J connectivity index is 1.64. The van der Waals surface area contributed by atoms with Crippen molar-refractivity contribution in [3.63, 3.8) is 0 Å². The van der Waals surface area contributed by atoms with Gasteiger partial charge in [-0.1, -0.05) is 30.3 Å². The summed E-state index contributed by atoms with van der Waals surface area (Å²) in [5.74, 6) is -0.216. The van der Waals surface area contributed by atoms with Crippen LogP contribution in [0, 0.1) is 0 Å². The van der Waals surface area contributed by atoms with Crippen LogP contribution in [0.2, 0.25) is 0 Å². The number of hydrogen-bond donors (Lipinski definition) is 1. The molecule has 7 nitrogen and oxygen atoms in total. The Morgan fingerprint density at radius 1 is 1.05 bits per heavy atom. The maximum atomic E-state index is 13.6. The molecule has 0 bridgehead atoms. The van der Waals surface area contributed by atoms with Gasteiger partial charge >= 0.3 is 6.18 Å². The van der Waals surface area contributed by atoms with Crippen LogP contribution >= 0.6 is 0 Å². The van der Waals surface area contributed by atoms with Gasteiger partial charge in [-0.3, -0.25) is 24.2 Å². The van der Waals surface area contributed by atoms with Gasteiger partial charge in [0.05, 0.1) is 22.6 Å². The van der Waals surface area contributed by atoms with Crippen molar-refractivity contribution in [1.82, 2.24) is 24.6 Å². The van der Waals surface area contributed by atoms with Gasteiger partial charge in [-0.25, -0.2) is 0 Å². The van der Waals surface area contributed by atoms with Gasteiger partial charge in [-0.2, -0.15) is 18.3 Å². The summed E-state index contributed by atoms with van der Waals surface area (Å²) in [4.78, 5) is 32.2. The molecule has 1 amide bonds. The van der Waals surface area contributed by atoms with Crippen molar-refractivity contribution in [3.05, 3.63) is 94.7 Å². The lowest BCUT2D eigenvalue weighted by atomic mass is 9.97. The number of amides is 1. The first-order valence-corrected chi connectivity index (χ1v) is 11.6. The Morgan fingerprint density at radius 3 is 2.54 bits per heavy atom. The van der Waals surface area contributed by atoms with Crippen LogP contribution in [-0.2, 0) is 13.1 Å². The van der Waals surface area contributed by atoms with Gasteiger partial charge in [0.25, 0.3) is 11.5 Å². The number of fused-ring (bicyclic) bond motifs is 3. The summed E-state index contributed by atoms with van der Waals surface area (Å²) in [5.41, 5.74) is 2.08. The molecule has 5 rings (SSSR count). The number of pyridine rings is 2. The lowest BCUT2D eigenvalue weighted by Crippen LogP contribution is -2.30. The third kappa shape index (κ3) is 4.69. The van der Waals surface area contributed by atoms with Gasteiger partial charge in [-0.15, -0.1) is 0 Å². The Hall–Kier alpha value is -4.47. The number of halogens is 3. The van der Waals surface area contributed by atoms with Crippen LogP contribution in [-0.4, -0.2) is 43.3 Å². The number of aromatic amines is 1. The number of aromatic nitrogens is 4. The number of carbonyl (C=O) groups excluding carboxylic acids is 1. The minimum Gasteiger partial charge on any atom is -0.335 e. The van der Waals surface area contributed by atoms with E-state index in [1.165, 1.54) is 12.3 Å². The van der Waals surface area contributed by atoms with Crippen molar-refractivity contribution < 1.29 is 18.0 Å². The molecule has 0 aliphatic heterocycles. The highest BCUT2D eigenvalue weighted by Gasteiger charge is 2.30. The predicted octanol–water partition coefficient (Wildman–Crippen LogP) is 5.16. The van der Waals surface area contributed by atoms with Gasteiger partial charge in [-0.05, 0) is 47.9 Å². The fourth-order valence-corrected chi connectivity index (χ4v) is 4.51.